The highest BCUT2D eigenvalue weighted by Crippen LogP contribution is 2.21. The molecule has 2 rings (SSSR count). The Morgan fingerprint density at radius 1 is 1.39 bits per heavy atom. The van der Waals surface area contributed by atoms with Gasteiger partial charge in [-0.3, -0.25) is 10.4 Å². The van der Waals surface area contributed by atoms with E-state index in [0.29, 0.717) is 28.6 Å². The lowest BCUT2D eigenvalue weighted by atomic mass is 10.1. The maximum absolute atomic E-state index is 6.08. The van der Waals surface area contributed by atoms with E-state index < -0.39 is 0 Å². The van der Waals surface area contributed by atoms with Crippen molar-refractivity contribution in [3.05, 3.63) is 33.8 Å². The van der Waals surface area contributed by atoms with E-state index >= 15 is 0 Å². The fourth-order valence-corrected chi connectivity index (χ4v) is 2.07. The van der Waals surface area contributed by atoms with Crippen LogP contribution in [-0.4, -0.2) is 18.5 Å². The number of nitrogens with zero attached hydrogens (tertiary/aromatic N) is 1. The third-order valence-electron chi connectivity index (χ3n) is 2.72. The van der Waals surface area contributed by atoms with Crippen LogP contribution in [0, 0.1) is 0 Å². The Balaban J connectivity index is 1.87. The molecule has 1 fully saturated rings. The quantitative estimate of drug-likeness (QED) is 0.344. The zero-order valence-corrected chi connectivity index (χ0v) is 11.4. The first-order valence-corrected chi connectivity index (χ1v) is 6.66. The van der Waals surface area contributed by atoms with Crippen LogP contribution in [0.25, 0.3) is 0 Å². The van der Waals surface area contributed by atoms with Gasteiger partial charge in [0.15, 0.2) is 0 Å². The Hall–Kier alpha value is -0.970. The molecule has 0 atom stereocenters. The van der Waals surface area contributed by atoms with Crippen molar-refractivity contribution >= 4 is 29.2 Å². The van der Waals surface area contributed by atoms with Gasteiger partial charge >= 0.3 is 0 Å². The summed E-state index contributed by atoms with van der Waals surface area (Å²) in [5, 5.41) is 4.53. The van der Waals surface area contributed by atoms with Crippen LogP contribution in [-0.2, 0) is 6.42 Å². The molecule has 0 amide bonds. The van der Waals surface area contributed by atoms with E-state index in [1.807, 2.05) is 12.1 Å². The first-order chi connectivity index (χ1) is 8.69. The zero-order chi connectivity index (χ0) is 13.0. The van der Waals surface area contributed by atoms with Gasteiger partial charge in [-0.25, -0.2) is 5.84 Å². The molecule has 0 aromatic heterocycles. The highest BCUT2D eigenvalue weighted by molar-refractivity contribution is 6.35. The molecule has 0 spiro atoms. The minimum Gasteiger partial charge on any atom is -0.353 e. The van der Waals surface area contributed by atoms with Crippen molar-refractivity contribution in [2.75, 3.05) is 6.54 Å². The molecular formula is C12H16Cl2N4. The van der Waals surface area contributed by atoms with E-state index in [1.54, 1.807) is 6.07 Å². The summed E-state index contributed by atoms with van der Waals surface area (Å²) in [7, 11) is 0. The zero-order valence-electron chi connectivity index (χ0n) is 9.92. The molecule has 0 radical (unpaired) electrons. The van der Waals surface area contributed by atoms with Gasteiger partial charge in [-0.05, 0) is 37.0 Å². The highest BCUT2D eigenvalue weighted by atomic mass is 35.5. The van der Waals surface area contributed by atoms with Gasteiger partial charge in [0, 0.05) is 22.6 Å². The molecule has 0 aliphatic heterocycles. The topological polar surface area (TPSA) is 62.4 Å². The van der Waals surface area contributed by atoms with Gasteiger partial charge in [0.1, 0.15) is 0 Å². The van der Waals surface area contributed by atoms with E-state index in [1.165, 1.54) is 12.8 Å². The minimum absolute atomic E-state index is 0.527. The van der Waals surface area contributed by atoms with Gasteiger partial charge in [0.2, 0.25) is 5.96 Å². The number of nitrogens with two attached hydrogens (primary N) is 1. The van der Waals surface area contributed by atoms with E-state index in [2.05, 4.69) is 15.7 Å². The molecule has 1 aromatic rings. The van der Waals surface area contributed by atoms with Crippen molar-refractivity contribution in [3.8, 4) is 0 Å². The van der Waals surface area contributed by atoms with Crippen LogP contribution in [0.15, 0.2) is 23.2 Å². The summed E-state index contributed by atoms with van der Waals surface area (Å²) in [6.07, 6.45) is 3.13. The molecule has 1 aliphatic rings. The third kappa shape index (κ3) is 4.05. The number of guanidine groups is 1. The van der Waals surface area contributed by atoms with Gasteiger partial charge < -0.3 is 5.32 Å². The van der Waals surface area contributed by atoms with E-state index in [4.69, 9.17) is 29.0 Å². The summed E-state index contributed by atoms with van der Waals surface area (Å²) < 4.78 is 0. The summed E-state index contributed by atoms with van der Waals surface area (Å²) >= 11 is 11.9. The fourth-order valence-electron chi connectivity index (χ4n) is 1.57. The fraction of sp³-hybridized carbons (Fsp3) is 0.417. The lowest BCUT2D eigenvalue weighted by molar-refractivity contribution is 0.816. The molecule has 1 aliphatic carbocycles. The van der Waals surface area contributed by atoms with Crippen molar-refractivity contribution in [1.82, 2.24) is 10.7 Å². The molecule has 0 saturated heterocycles. The smallest absolute Gasteiger partial charge is 0.205 e. The Labute approximate surface area is 117 Å². The Morgan fingerprint density at radius 3 is 2.78 bits per heavy atom. The van der Waals surface area contributed by atoms with E-state index in [-0.39, 0.29) is 0 Å². The van der Waals surface area contributed by atoms with Gasteiger partial charge in [-0.2, -0.15) is 0 Å². The second-order valence-corrected chi connectivity index (χ2v) is 5.12. The first kappa shape index (κ1) is 13.5. The van der Waals surface area contributed by atoms with Crippen molar-refractivity contribution in [2.24, 2.45) is 10.8 Å². The SMILES string of the molecule is NNC(=NCCc1ccc(Cl)cc1Cl)NC1CC1. The molecule has 4 N–H and O–H groups in total. The Bertz CT molecular complexity index is 444. The second-order valence-electron chi connectivity index (χ2n) is 4.28. The van der Waals surface area contributed by atoms with Crippen LogP contribution < -0.4 is 16.6 Å². The number of hydrogen-bond donors (Lipinski definition) is 3. The van der Waals surface area contributed by atoms with Crippen LogP contribution in [0.5, 0.6) is 0 Å². The summed E-state index contributed by atoms with van der Waals surface area (Å²) in [6.45, 7) is 0.626. The maximum Gasteiger partial charge on any atom is 0.205 e. The number of halogens is 2. The summed E-state index contributed by atoms with van der Waals surface area (Å²) in [6, 6.07) is 6.02. The summed E-state index contributed by atoms with van der Waals surface area (Å²) in [5.74, 6) is 6.03. The molecular weight excluding hydrogens is 271 g/mol. The molecule has 0 unspecified atom stereocenters. The third-order valence-corrected chi connectivity index (χ3v) is 3.31. The number of rotatable bonds is 4. The van der Waals surface area contributed by atoms with Crippen molar-refractivity contribution in [3.63, 3.8) is 0 Å². The van der Waals surface area contributed by atoms with Crippen molar-refractivity contribution in [2.45, 2.75) is 25.3 Å². The molecule has 1 saturated carbocycles. The largest absolute Gasteiger partial charge is 0.353 e. The number of hydrogen-bond acceptors (Lipinski definition) is 2. The normalized spacial score (nSPS) is 15.6. The lowest BCUT2D eigenvalue weighted by Gasteiger charge is -2.08. The molecule has 0 heterocycles. The van der Waals surface area contributed by atoms with Gasteiger partial charge in [0.25, 0.3) is 0 Å². The summed E-state index contributed by atoms with van der Waals surface area (Å²) in [5.41, 5.74) is 3.60. The number of benzene rings is 1. The molecule has 1 aromatic carbocycles. The lowest BCUT2D eigenvalue weighted by Crippen LogP contribution is -2.42. The first-order valence-electron chi connectivity index (χ1n) is 5.90. The molecule has 98 valence electrons. The summed E-state index contributed by atoms with van der Waals surface area (Å²) in [4.78, 5) is 4.36. The van der Waals surface area contributed by atoms with Crippen molar-refractivity contribution in [1.29, 1.82) is 0 Å². The van der Waals surface area contributed by atoms with E-state index in [9.17, 15) is 0 Å². The number of aliphatic imine (C=N–C) groups is 1. The average Bonchev–Trinajstić information content (AvgIpc) is 3.14. The Kier molecular flexibility index (Phi) is 4.69. The molecule has 18 heavy (non-hydrogen) atoms. The minimum atomic E-state index is 0.527. The van der Waals surface area contributed by atoms with Crippen LogP contribution in [0.3, 0.4) is 0 Å². The predicted molar refractivity (Wildman–Crippen MR) is 75.9 cm³/mol. The van der Waals surface area contributed by atoms with Gasteiger partial charge in [-0.1, -0.05) is 29.3 Å². The van der Waals surface area contributed by atoms with Crippen LogP contribution in [0.1, 0.15) is 18.4 Å². The van der Waals surface area contributed by atoms with Crippen LogP contribution in [0.2, 0.25) is 10.0 Å². The standard InChI is InChI=1S/C12H16Cl2N4/c13-9-2-1-8(11(14)7-9)5-6-16-12(18-15)17-10-3-4-10/h1-2,7,10H,3-6,15H2,(H2,16,17,18). The van der Waals surface area contributed by atoms with Crippen LogP contribution >= 0.6 is 23.2 Å². The molecule has 0 bridgehead atoms. The number of nitrogens with one attached hydrogen (secondary N) is 2. The van der Waals surface area contributed by atoms with Crippen molar-refractivity contribution < 1.29 is 0 Å². The number of hydrazine groups is 1. The van der Waals surface area contributed by atoms with Crippen LogP contribution in [0.4, 0.5) is 0 Å². The average molecular weight is 287 g/mol. The molecule has 6 heteroatoms. The Morgan fingerprint density at radius 2 is 2.17 bits per heavy atom. The molecule has 4 nitrogen and oxygen atoms in total. The second kappa shape index (κ2) is 6.27. The monoisotopic (exact) mass is 286 g/mol. The van der Waals surface area contributed by atoms with Gasteiger partial charge in [0.05, 0.1) is 0 Å². The predicted octanol–water partition coefficient (Wildman–Crippen LogP) is 2.11. The maximum atomic E-state index is 6.08. The van der Waals surface area contributed by atoms with Gasteiger partial charge in [-0.15, -0.1) is 0 Å². The van der Waals surface area contributed by atoms with E-state index in [0.717, 1.165) is 12.0 Å². The highest BCUT2D eigenvalue weighted by Gasteiger charge is 2.21.